The molecule has 1 fully saturated rings. The molecule has 0 bridgehead atoms. The summed E-state index contributed by atoms with van der Waals surface area (Å²) in [7, 11) is 1.68. The second kappa shape index (κ2) is 7.62. The van der Waals surface area contributed by atoms with Gasteiger partial charge in [-0.25, -0.2) is 4.63 Å². The van der Waals surface area contributed by atoms with Crippen molar-refractivity contribution < 1.29 is 18.9 Å². The number of rotatable bonds is 7. The molecule has 0 radical (unpaired) electrons. The topological polar surface area (TPSA) is 89.7 Å². The van der Waals surface area contributed by atoms with E-state index in [1.807, 2.05) is 35.2 Å². The van der Waals surface area contributed by atoms with Crippen LogP contribution >= 0.6 is 0 Å². The first kappa shape index (κ1) is 17.4. The number of anilines is 1. The van der Waals surface area contributed by atoms with Crippen LogP contribution in [0.2, 0.25) is 0 Å². The smallest absolute Gasteiger partial charge is 0.239 e. The van der Waals surface area contributed by atoms with E-state index in [0.717, 1.165) is 18.7 Å². The monoisotopic (exact) mass is 346 g/mol. The lowest BCUT2D eigenvalue weighted by molar-refractivity contribution is -0.117. The van der Waals surface area contributed by atoms with Gasteiger partial charge in [0, 0.05) is 20.2 Å². The second-order valence-corrected chi connectivity index (χ2v) is 6.20. The quantitative estimate of drug-likeness (QED) is 0.812. The van der Waals surface area contributed by atoms with Gasteiger partial charge in [0.15, 0.2) is 5.82 Å². The Bertz CT molecular complexity index is 706. The van der Waals surface area contributed by atoms with Gasteiger partial charge < -0.3 is 14.8 Å². The number of nitrogens with zero attached hydrogens (tertiary/aromatic N) is 3. The predicted octanol–water partition coefficient (Wildman–Crippen LogP) is 1.49. The first-order valence-corrected chi connectivity index (χ1v) is 8.15. The molecule has 134 valence electrons. The van der Waals surface area contributed by atoms with Crippen LogP contribution in [-0.4, -0.2) is 60.1 Å². The van der Waals surface area contributed by atoms with Crippen LogP contribution in [0.15, 0.2) is 35.0 Å². The number of amides is 1. The van der Waals surface area contributed by atoms with Crippen LogP contribution < -0.4 is 10.1 Å². The van der Waals surface area contributed by atoms with E-state index in [1.54, 1.807) is 14.0 Å². The van der Waals surface area contributed by atoms with Crippen molar-refractivity contribution in [1.82, 2.24) is 15.2 Å². The maximum absolute atomic E-state index is 12.2. The summed E-state index contributed by atoms with van der Waals surface area (Å²) >= 11 is 0. The SMILES string of the molecule is CO[C@]1(COc2ccccc2)CCN(CC(=O)Nc2nonc2C)C1. The first-order valence-electron chi connectivity index (χ1n) is 8.15. The summed E-state index contributed by atoms with van der Waals surface area (Å²) in [5.41, 5.74) is 0.138. The zero-order valence-electron chi connectivity index (χ0n) is 14.4. The fourth-order valence-electron chi connectivity index (χ4n) is 2.86. The first-order chi connectivity index (χ1) is 12.1. The van der Waals surface area contributed by atoms with Crippen LogP contribution in [0.3, 0.4) is 0 Å². The largest absolute Gasteiger partial charge is 0.491 e. The lowest BCUT2D eigenvalue weighted by Crippen LogP contribution is -2.42. The zero-order valence-corrected chi connectivity index (χ0v) is 14.4. The van der Waals surface area contributed by atoms with Gasteiger partial charge in [-0.1, -0.05) is 23.4 Å². The molecule has 1 saturated heterocycles. The van der Waals surface area contributed by atoms with E-state index in [1.165, 1.54) is 0 Å². The zero-order chi connectivity index (χ0) is 17.7. The molecule has 8 heteroatoms. The fourth-order valence-corrected chi connectivity index (χ4v) is 2.86. The summed E-state index contributed by atoms with van der Waals surface area (Å²) in [6.07, 6.45) is 0.800. The highest BCUT2D eigenvalue weighted by atomic mass is 16.6. The highest BCUT2D eigenvalue weighted by Gasteiger charge is 2.39. The number of carbonyl (C=O) groups excluding carboxylic acids is 1. The third-order valence-electron chi connectivity index (χ3n) is 4.35. The van der Waals surface area contributed by atoms with Crippen molar-refractivity contribution in [3.63, 3.8) is 0 Å². The van der Waals surface area contributed by atoms with E-state index in [9.17, 15) is 4.79 Å². The Morgan fingerprint density at radius 3 is 2.84 bits per heavy atom. The fraction of sp³-hybridized carbons (Fsp3) is 0.471. The number of benzene rings is 1. The molecule has 0 saturated carbocycles. The average Bonchev–Trinajstić information content (AvgIpc) is 3.21. The Labute approximate surface area is 146 Å². The van der Waals surface area contributed by atoms with E-state index in [2.05, 4.69) is 20.3 Å². The maximum atomic E-state index is 12.2. The number of methoxy groups -OCH3 is 1. The van der Waals surface area contributed by atoms with Crippen molar-refractivity contribution in [3.05, 3.63) is 36.0 Å². The molecule has 1 N–H and O–H groups in total. The maximum Gasteiger partial charge on any atom is 0.239 e. The number of ether oxygens (including phenoxy) is 2. The van der Waals surface area contributed by atoms with Crippen molar-refractivity contribution in [1.29, 1.82) is 0 Å². The summed E-state index contributed by atoms with van der Waals surface area (Å²) in [6, 6.07) is 9.64. The van der Waals surface area contributed by atoms with Crippen LogP contribution in [0.25, 0.3) is 0 Å². The molecule has 0 aliphatic carbocycles. The lowest BCUT2D eigenvalue weighted by Gasteiger charge is -2.28. The summed E-state index contributed by atoms with van der Waals surface area (Å²) in [5, 5.41) is 10.00. The van der Waals surface area contributed by atoms with Crippen LogP contribution in [-0.2, 0) is 9.53 Å². The predicted molar refractivity (Wildman–Crippen MR) is 90.4 cm³/mol. The minimum atomic E-state index is -0.415. The molecule has 3 rings (SSSR count). The Kier molecular flexibility index (Phi) is 5.30. The van der Waals surface area contributed by atoms with Crippen molar-refractivity contribution in [3.8, 4) is 5.75 Å². The number of nitrogens with one attached hydrogen (secondary N) is 1. The van der Waals surface area contributed by atoms with Gasteiger partial charge in [-0.3, -0.25) is 9.69 Å². The standard InChI is InChI=1S/C17H22N4O4/c1-13-16(20-25-19-13)18-15(22)10-21-9-8-17(11-21,23-2)12-24-14-6-4-3-5-7-14/h3-7H,8-12H2,1-2H3,(H,18,20,22)/t17-/m1/s1. The van der Waals surface area contributed by atoms with Gasteiger partial charge in [-0.15, -0.1) is 0 Å². The molecule has 8 nitrogen and oxygen atoms in total. The van der Waals surface area contributed by atoms with E-state index in [4.69, 9.17) is 9.47 Å². The van der Waals surface area contributed by atoms with Crippen LogP contribution in [0.5, 0.6) is 5.75 Å². The van der Waals surface area contributed by atoms with Crippen molar-refractivity contribution in [2.45, 2.75) is 18.9 Å². The van der Waals surface area contributed by atoms with Gasteiger partial charge in [-0.05, 0) is 30.6 Å². The third-order valence-corrected chi connectivity index (χ3v) is 4.35. The highest BCUT2D eigenvalue weighted by Crippen LogP contribution is 2.26. The van der Waals surface area contributed by atoms with E-state index >= 15 is 0 Å². The Balaban J connectivity index is 1.52. The summed E-state index contributed by atoms with van der Waals surface area (Å²) < 4.78 is 16.2. The summed E-state index contributed by atoms with van der Waals surface area (Å²) in [6.45, 7) is 3.80. The number of carbonyl (C=O) groups is 1. The van der Waals surface area contributed by atoms with Crippen molar-refractivity contribution in [2.24, 2.45) is 0 Å². The summed E-state index contributed by atoms with van der Waals surface area (Å²) in [5.74, 6) is 1.01. The van der Waals surface area contributed by atoms with Crippen LogP contribution in [0.1, 0.15) is 12.1 Å². The minimum absolute atomic E-state index is 0.158. The normalized spacial score (nSPS) is 20.6. The minimum Gasteiger partial charge on any atom is -0.491 e. The van der Waals surface area contributed by atoms with Gasteiger partial charge in [0.2, 0.25) is 5.91 Å². The molecule has 0 spiro atoms. The molecule has 1 aliphatic rings. The van der Waals surface area contributed by atoms with Crippen molar-refractivity contribution in [2.75, 3.05) is 38.7 Å². The van der Waals surface area contributed by atoms with Gasteiger partial charge in [-0.2, -0.15) is 0 Å². The number of hydrogen-bond donors (Lipinski definition) is 1. The van der Waals surface area contributed by atoms with Crippen LogP contribution in [0, 0.1) is 6.92 Å². The van der Waals surface area contributed by atoms with Gasteiger partial charge in [0.1, 0.15) is 23.7 Å². The molecule has 25 heavy (non-hydrogen) atoms. The molecule has 2 aromatic rings. The van der Waals surface area contributed by atoms with Crippen molar-refractivity contribution >= 4 is 11.7 Å². The molecule has 1 atom stereocenters. The molecule has 1 aromatic carbocycles. The molecule has 1 amide bonds. The number of likely N-dealkylation sites (tertiary alicyclic amines) is 1. The molecule has 2 heterocycles. The van der Waals surface area contributed by atoms with Crippen LogP contribution in [0.4, 0.5) is 5.82 Å². The molecule has 0 unspecified atom stereocenters. The Morgan fingerprint density at radius 1 is 1.36 bits per heavy atom. The van der Waals surface area contributed by atoms with E-state index in [0.29, 0.717) is 24.7 Å². The number of para-hydroxylation sites is 1. The average molecular weight is 346 g/mol. The number of aromatic nitrogens is 2. The molecule has 1 aromatic heterocycles. The highest BCUT2D eigenvalue weighted by molar-refractivity contribution is 5.91. The van der Waals surface area contributed by atoms with Gasteiger partial charge in [0.25, 0.3) is 0 Å². The molecular formula is C17H22N4O4. The number of hydrogen-bond acceptors (Lipinski definition) is 7. The van der Waals surface area contributed by atoms with Gasteiger partial charge in [0.05, 0.1) is 6.54 Å². The third kappa shape index (κ3) is 4.34. The second-order valence-electron chi connectivity index (χ2n) is 6.20. The van der Waals surface area contributed by atoms with Gasteiger partial charge >= 0.3 is 0 Å². The van der Waals surface area contributed by atoms with E-state index < -0.39 is 5.60 Å². The molecule has 1 aliphatic heterocycles. The van der Waals surface area contributed by atoms with E-state index in [-0.39, 0.29) is 12.5 Å². The Hall–Kier alpha value is -2.45. The molecular weight excluding hydrogens is 324 g/mol. The number of aryl methyl sites for hydroxylation is 1. The Morgan fingerprint density at radius 2 is 2.16 bits per heavy atom. The summed E-state index contributed by atoms with van der Waals surface area (Å²) in [4.78, 5) is 14.2. The lowest BCUT2D eigenvalue weighted by atomic mass is 10.0.